The maximum absolute atomic E-state index is 12.9. The van der Waals surface area contributed by atoms with Crippen LogP contribution in [0.3, 0.4) is 0 Å². The van der Waals surface area contributed by atoms with Crippen molar-refractivity contribution in [2.24, 2.45) is 0 Å². The maximum Gasteiger partial charge on any atom is 0.242 e. The van der Waals surface area contributed by atoms with Crippen LogP contribution >= 0.6 is 0 Å². The fourth-order valence-electron chi connectivity index (χ4n) is 3.68. The highest BCUT2D eigenvalue weighted by Gasteiger charge is 2.29. The first-order valence-electron chi connectivity index (χ1n) is 9.53. The molecule has 0 radical (unpaired) electrons. The number of nitrogens with one attached hydrogen (secondary N) is 1. The van der Waals surface area contributed by atoms with Gasteiger partial charge in [-0.1, -0.05) is 12.1 Å². The van der Waals surface area contributed by atoms with Gasteiger partial charge in [0.1, 0.15) is 11.9 Å². The number of pyridine rings is 2. The number of aryl methyl sites for hydroxylation is 1. The summed E-state index contributed by atoms with van der Waals surface area (Å²) in [7, 11) is 0. The Labute approximate surface area is 158 Å². The molecule has 3 aromatic heterocycles. The molecule has 1 aliphatic rings. The highest BCUT2D eigenvalue weighted by Crippen LogP contribution is 2.24. The van der Waals surface area contributed by atoms with Gasteiger partial charge in [-0.25, -0.2) is 0 Å². The number of carbonyl (C=O) groups is 1. The summed E-state index contributed by atoms with van der Waals surface area (Å²) >= 11 is 0. The van der Waals surface area contributed by atoms with E-state index < -0.39 is 0 Å². The topological polar surface area (TPSA) is 75.4 Å². The molecular weight excluding hydrogens is 340 g/mol. The highest BCUT2D eigenvalue weighted by molar-refractivity contribution is 5.83. The van der Waals surface area contributed by atoms with Gasteiger partial charge >= 0.3 is 0 Å². The van der Waals surface area contributed by atoms with Gasteiger partial charge in [-0.3, -0.25) is 19.1 Å². The number of rotatable bonds is 7. The van der Waals surface area contributed by atoms with Crippen LogP contribution in [0, 0.1) is 0 Å². The Morgan fingerprint density at radius 1 is 1.15 bits per heavy atom. The fraction of sp³-hybridized carbons (Fsp3) is 0.400. The summed E-state index contributed by atoms with van der Waals surface area (Å²) in [5, 5.41) is 11.5. The molecule has 1 amide bonds. The lowest BCUT2D eigenvalue weighted by atomic mass is 10.1. The van der Waals surface area contributed by atoms with E-state index in [9.17, 15) is 4.79 Å². The van der Waals surface area contributed by atoms with Crippen LogP contribution in [0.2, 0.25) is 0 Å². The summed E-state index contributed by atoms with van der Waals surface area (Å²) in [6.07, 6.45) is 9.38. The van der Waals surface area contributed by atoms with Gasteiger partial charge in [0.25, 0.3) is 0 Å². The van der Waals surface area contributed by atoms with Crippen molar-refractivity contribution in [3.8, 4) is 0 Å². The number of carbonyl (C=O) groups excluding carboxylic acids is 1. The van der Waals surface area contributed by atoms with E-state index in [1.807, 2.05) is 40.9 Å². The van der Waals surface area contributed by atoms with Gasteiger partial charge in [0.15, 0.2) is 5.65 Å². The Balaban J connectivity index is 1.35. The van der Waals surface area contributed by atoms with E-state index in [0.29, 0.717) is 6.54 Å². The molecule has 0 bridgehead atoms. The van der Waals surface area contributed by atoms with Crippen molar-refractivity contribution in [3.05, 3.63) is 60.3 Å². The first-order valence-corrected chi connectivity index (χ1v) is 9.53. The predicted molar refractivity (Wildman–Crippen MR) is 102 cm³/mol. The second-order valence-electron chi connectivity index (χ2n) is 6.87. The van der Waals surface area contributed by atoms with Gasteiger partial charge < -0.3 is 5.32 Å². The molecule has 0 aromatic carbocycles. The monoisotopic (exact) mass is 364 g/mol. The summed E-state index contributed by atoms with van der Waals surface area (Å²) in [5.41, 5.74) is 1.81. The zero-order chi connectivity index (χ0) is 18.5. The van der Waals surface area contributed by atoms with Crippen molar-refractivity contribution in [2.75, 3.05) is 19.6 Å². The van der Waals surface area contributed by atoms with Crippen molar-refractivity contribution in [2.45, 2.75) is 31.7 Å². The van der Waals surface area contributed by atoms with Crippen LogP contribution < -0.4 is 5.32 Å². The molecule has 1 fully saturated rings. The van der Waals surface area contributed by atoms with Crippen molar-refractivity contribution in [1.29, 1.82) is 0 Å². The molecule has 1 atom stereocenters. The average molecular weight is 364 g/mol. The molecule has 1 saturated heterocycles. The average Bonchev–Trinajstić information content (AvgIpc) is 3.37. The summed E-state index contributed by atoms with van der Waals surface area (Å²) < 4.78 is 1.99. The molecule has 0 unspecified atom stereocenters. The second kappa shape index (κ2) is 8.26. The van der Waals surface area contributed by atoms with E-state index in [4.69, 9.17) is 0 Å². The molecule has 7 nitrogen and oxygen atoms in total. The summed E-state index contributed by atoms with van der Waals surface area (Å²) in [6.45, 7) is 2.53. The van der Waals surface area contributed by atoms with Crippen molar-refractivity contribution < 1.29 is 4.79 Å². The van der Waals surface area contributed by atoms with Gasteiger partial charge in [-0.15, -0.1) is 10.2 Å². The summed E-state index contributed by atoms with van der Waals surface area (Å²) in [4.78, 5) is 19.3. The molecule has 4 heterocycles. The zero-order valence-corrected chi connectivity index (χ0v) is 15.3. The van der Waals surface area contributed by atoms with Crippen molar-refractivity contribution in [3.63, 3.8) is 0 Å². The van der Waals surface area contributed by atoms with Gasteiger partial charge in [0, 0.05) is 31.6 Å². The second-order valence-corrected chi connectivity index (χ2v) is 6.87. The minimum Gasteiger partial charge on any atom is -0.354 e. The number of hydrogen-bond donors (Lipinski definition) is 1. The van der Waals surface area contributed by atoms with E-state index in [0.717, 1.165) is 55.8 Å². The van der Waals surface area contributed by atoms with Gasteiger partial charge in [-0.2, -0.15) is 0 Å². The van der Waals surface area contributed by atoms with Crippen LogP contribution in [0.4, 0.5) is 0 Å². The molecule has 0 saturated carbocycles. The molecule has 4 rings (SSSR count). The van der Waals surface area contributed by atoms with Gasteiger partial charge in [0.2, 0.25) is 5.91 Å². The van der Waals surface area contributed by atoms with Crippen LogP contribution in [0.15, 0.2) is 48.9 Å². The lowest BCUT2D eigenvalue weighted by molar-refractivity contribution is -0.126. The molecule has 1 N–H and O–H groups in total. The minimum absolute atomic E-state index is 0.0519. The number of amides is 1. The lowest BCUT2D eigenvalue weighted by Crippen LogP contribution is -2.39. The normalized spacial score (nSPS) is 15.9. The minimum atomic E-state index is -0.255. The van der Waals surface area contributed by atoms with Crippen molar-refractivity contribution >= 4 is 11.6 Å². The van der Waals surface area contributed by atoms with Crippen LogP contribution in [0.1, 0.15) is 36.7 Å². The predicted octanol–water partition coefficient (Wildman–Crippen LogP) is 2.01. The molecule has 1 aliphatic heterocycles. The molecule has 140 valence electrons. The van der Waals surface area contributed by atoms with E-state index in [-0.39, 0.29) is 11.9 Å². The first-order chi connectivity index (χ1) is 13.3. The fourth-order valence-corrected chi connectivity index (χ4v) is 3.68. The molecule has 27 heavy (non-hydrogen) atoms. The molecule has 0 aliphatic carbocycles. The van der Waals surface area contributed by atoms with E-state index in [1.165, 1.54) is 0 Å². The van der Waals surface area contributed by atoms with Crippen LogP contribution in [0.5, 0.6) is 0 Å². The third kappa shape index (κ3) is 3.98. The number of nitrogens with zero attached hydrogens (tertiary/aromatic N) is 5. The smallest absolute Gasteiger partial charge is 0.242 e. The SMILES string of the molecule is O=C(NCCCc1nnc2ccccn12)[C@H](c1cccnc1)N1CCCC1. The van der Waals surface area contributed by atoms with Crippen LogP contribution in [-0.2, 0) is 11.2 Å². The van der Waals surface area contributed by atoms with Gasteiger partial charge in [0.05, 0.1) is 0 Å². The first kappa shape index (κ1) is 17.6. The van der Waals surface area contributed by atoms with E-state index >= 15 is 0 Å². The maximum atomic E-state index is 12.9. The quantitative estimate of drug-likeness (QED) is 0.649. The van der Waals surface area contributed by atoms with Crippen LogP contribution in [-0.4, -0.2) is 50.0 Å². The lowest BCUT2D eigenvalue weighted by Gasteiger charge is -2.26. The number of fused-ring (bicyclic) bond motifs is 1. The number of hydrogen-bond acceptors (Lipinski definition) is 5. The Bertz CT molecular complexity index is 888. The molecule has 7 heteroatoms. The van der Waals surface area contributed by atoms with Crippen LogP contribution in [0.25, 0.3) is 5.65 Å². The molecule has 0 spiro atoms. The third-order valence-electron chi connectivity index (χ3n) is 5.02. The third-order valence-corrected chi connectivity index (χ3v) is 5.02. The highest BCUT2D eigenvalue weighted by atomic mass is 16.2. The van der Waals surface area contributed by atoms with E-state index in [1.54, 1.807) is 12.4 Å². The number of aromatic nitrogens is 4. The van der Waals surface area contributed by atoms with Crippen molar-refractivity contribution in [1.82, 2.24) is 29.8 Å². The zero-order valence-electron chi connectivity index (χ0n) is 15.3. The van der Waals surface area contributed by atoms with E-state index in [2.05, 4.69) is 25.4 Å². The standard InChI is InChI=1S/C20H24N6O/c27-20(19(25-12-3-4-13-25)16-7-5-10-21-15-16)22-11-6-9-18-24-23-17-8-1-2-14-26(17)18/h1-2,5,7-8,10,14-15,19H,3-4,6,9,11-13H2,(H,22,27)/t19-/m0/s1. The van der Waals surface area contributed by atoms with Gasteiger partial charge in [-0.05, 0) is 56.1 Å². The summed E-state index contributed by atoms with van der Waals surface area (Å²) in [5.74, 6) is 0.971. The Kier molecular flexibility index (Phi) is 5.39. The Morgan fingerprint density at radius 2 is 2.04 bits per heavy atom. The number of likely N-dealkylation sites (tertiary alicyclic amines) is 1. The molecule has 3 aromatic rings. The Morgan fingerprint density at radius 3 is 2.85 bits per heavy atom. The Hall–Kier alpha value is -2.80. The largest absolute Gasteiger partial charge is 0.354 e. The molecular formula is C20H24N6O. The summed E-state index contributed by atoms with van der Waals surface area (Å²) in [6, 6.07) is 9.48.